The number of allylic oxidation sites excluding steroid dienone is 1. The molecule has 1 unspecified atom stereocenters. The topological polar surface area (TPSA) is 54.8 Å². The third-order valence-electron chi connectivity index (χ3n) is 5.69. The van der Waals surface area contributed by atoms with E-state index in [-0.39, 0.29) is 6.61 Å². The number of likely N-dealkylation sites (tertiary alicyclic amines) is 1. The first kappa shape index (κ1) is 21.8. The van der Waals surface area contributed by atoms with Gasteiger partial charge in [-0.15, -0.1) is 11.3 Å². The summed E-state index contributed by atoms with van der Waals surface area (Å²) >= 11 is 1.82. The van der Waals surface area contributed by atoms with E-state index in [2.05, 4.69) is 23.1 Å². The maximum Gasteiger partial charge on any atom is 0.161 e. The summed E-state index contributed by atoms with van der Waals surface area (Å²) in [6.07, 6.45) is 5.61. The Kier molecular flexibility index (Phi) is 7.22. The van der Waals surface area contributed by atoms with Gasteiger partial charge in [-0.2, -0.15) is 0 Å². The van der Waals surface area contributed by atoms with Gasteiger partial charge in [0.2, 0.25) is 0 Å². The second-order valence-corrected chi connectivity index (χ2v) is 9.03. The van der Waals surface area contributed by atoms with Crippen molar-refractivity contribution in [2.24, 2.45) is 0 Å². The molecule has 164 valence electrons. The number of β-amino-alcohol motifs (C(OH)–C–C–N with tert-alkyl or cyclic N) is 1. The number of hydrogen-bond acceptors (Lipinski definition) is 6. The number of aliphatic hydroxyl groups excluding tert-OH is 1. The fourth-order valence-electron chi connectivity index (χ4n) is 4.06. The lowest BCUT2D eigenvalue weighted by Gasteiger charge is -2.32. The number of para-hydroxylation sites is 1. The number of rotatable bonds is 8. The Balaban J connectivity index is 1.26. The highest BCUT2D eigenvalue weighted by Gasteiger charge is 2.24. The predicted molar refractivity (Wildman–Crippen MR) is 127 cm³/mol. The number of ether oxygens (including phenoxy) is 2. The highest BCUT2D eigenvalue weighted by atomic mass is 32.1. The molecule has 2 heterocycles. The fourth-order valence-corrected chi connectivity index (χ4v) is 5.20. The molecule has 1 aromatic heterocycles. The molecule has 0 saturated carbocycles. The number of aliphatic hydroxyl groups is 1. The van der Waals surface area contributed by atoms with Crippen LogP contribution in [0, 0.1) is 0 Å². The molecule has 0 aliphatic carbocycles. The Bertz CT molecular complexity index is 992. The molecule has 31 heavy (non-hydrogen) atoms. The van der Waals surface area contributed by atoms with E-state index in [0.717, 1.165) is 37.0 Å². The van der Waals surface area contributed by atoms with E-state index < -0.39 is 6.10 Å². The molecule has 6 heteroatoms. The second kappa shape index (κ2) is 10.3. The Labute approximate surface area is 187 Å². The van der Waals surface area contributed by atoms with Crippen molar-refractivity contribution >= 4 is 27.6 Å². The predicted octanol–water partition coefficient (Wildman–Crippen LogP) is 4.96. The summed E-state index contributed by atoms with van der Waals surface area (Å²) in [6, 6.07) is 14.2. The SMILES string of the molecule is C/C=C/c1ccc(OCC(O)CN2CCC(c3nc4ccccc4s3)CC2)c(OC)c1. The van der Waals surface area contributed by atoms with Crippen LogP contribution in [0.4, 0.5) is 0 Å². The summed E-state index contributed by atoms with van der Waals surface area (Å²) in [5.41, 5.74) is 2.16. The molecule has 1 aliphatic rings. The number of piperidine rings is 1. The van der Waals surface area contributed by atoms with Gasteiger partial charge in [0.25, 0.3) is 0 Å². The van der Waals surface area contributed by atoms with Gasteiger partial charge in [-0.25, -0.2) is 4.98 Å². The van der Waals surface area contributed by atoms with Gasteiger partial charge in [-0.1, -0.05) is 30.4 Å². The van der Waals surface area contributed by atoms with Gasteiger partial charge in [0.15, 0.2) is 11.5 Å². The average molecular weight is 439 g/mol. The zero-order valence-corrected chi connectivity index (χ0v) is 19.0. The standard InChI is InChI=1S/C25H30N2O3S/c1-3-6-18-9-10-22(23(15-18)29-2)30-17-20(28)16-27-13-11-19(12-14-27)25-26-21-7-4-5-8-24(21)31-25/h3-10,15,19-20,28H,11-14,16-17H2,1-2H3/b6-3+. The van der Waals surface area contributed by atoms with Crippen molar-refractivity contribution in [3.8, 4) is 11.5 Å². The van der Waals surface area contributed by atoms with Crippen LogP contribution in [0.1, 0.15) is 36.3 Å². The van der Waals surface area contributed by atoms with Crippen LogP contribution in [-0.4, -0.2) is 54.4 Å². The van der Waals surface area contributed by atoms with Crippen LogP contribution in [0.3, 0.4) is 0 Å². The lowest BCUT2D eigenvalue weighted by atomic mass is 9.97. The minimum Gasteiger partial charge on any atom is -0.493 e. The summed E-state index contributed by atoms with van der Waals surface area (Å²) in [7, 11) is 1.63. The van der Waals surface area contributed by atoms with E-state index in [4.69, 9.17) is 14.5 Å². The third kappa shape index (κ3) is 5.45. The van der Waals surface area contributed by atoms with Crippen LogP contribution in [0.2, 0.25) is 0 Å². The maximum atomic E-state index is 10.5. The number of aromatic nitrogens is 1. The van der Waals surface area contributed by atoms with E-state index in [1.165, 1.54) is 9.71 Å². The molecule has 1 N–H and O–H groups in total. The molecular formula is C25H30N2O3S. The highest BCUT2D eigenvalue weighted by molar-refractivity contribution is 7.18. The van der Waals surface area contributed by atoms with Crippen molar-refractivity contribution in [1.29, 1.82) is 0 Å². The van der Waals surface area contributed by atoms with Gasteiger partial charge < -0.3 is 19.5 Å². The molecule has 1 fully saturated rings. The lowest BCUT2D eigenvalue weighted by Crippen LogP contribution is -2.40. The van der Waals surface area contributed by atoms with Crippen molar-refractivity contribution in [2.75, 3.05) is 33.4 Å². The van der Waals surface area contributed by atoms with Gasteiger partial charge in [0.1, 0.15) is 12.7 Å². The quantitative estimate of drug-likeness (QED) is 0.539. The molecule has 5 nitrogen and oxygen atoms in total. The van der Waals surface area contributed by atoms with Crippen molar-refractivity contribution in [3.63, 3.8) is 0 Å². The van der Waals surface area contributed by atoms with Crippen molar-refractivity contribution < 1.29 is 14.6 Å². The summed E-state index contributed by atoms with van der Waals surface area (Å²) in [4.78, 5) is 7.16. The smallest absolute Gasteiger partial charge is 0.161 e. The van der Waals surface area contributed by atoms with Gasteiger partial charge in [0, 0.05) is 12.5 Å². The fraction of sp³-hybridized carbons (Fsp3) is 0.400. The summed E-state index contributed by atoms with van der Waals surface area (Å²) in [5, 5.41) is 11.8. The molecular weight excluding hydrogens is 408 g/mol. The van der Waals surface area contributed by atoms with E-state index in [1.54, 1.807) is 7.11 Å². The largest absolute Gasteiger partial charge is 0.493 e. The lowest BCUT2D eigenvalue weighted by molar-refractivity contribution is 0.0586. The zero-order chi connectivity index (χ0) is 21.6. The first-order chi connectivity index (χ1) is 15.2. The first-order valence-electron chi connectivity index (χ1n) is 10.9. The molecule has 1 aliphatic heterocycles. The number of methoxy groups -OCH3 is 1. The molecule has 0 bridgehead atoms. The van der Waals surface area contributed by atoms with Crippen LogP contribution in [0.25, 0.3) is 16.3 Å². The van der Waals surface area contributed by atoms with Gasteiger partial charge in [0.05, 0.1) is 22.3 Å². The average Bonchev–Trinajstić information content (AvgIpc) is 3.23. The zero-order valence-electron chi connectivity index (χ0n) is 18.2. The third-order valence-corrected chi connectivity index (χ3v) is 6.89. The van der Waals surface area contributed by atoms with Crippen LogP contribution in [0.15, 0.2) is 48.5 Å². The number of nitrogens with zero attached hydrogens (tertiary/aromatic N) is 2. The summed E-state index contributed by atoms with van der Waals surface area (Å²) in [6.45, 7) is 4.79. The van der Waals surface area contributed by atoms with Gasteiger partial charge in [-0.05, 0) is 62.7 Å². The molecule has 0 radical (unpaired) electrons. The number of benzene rings is 2. The van der Waals surface area contributed by atoms with Crippen LogP contribution < -0.4 is 9.47 Å². The molecule has 1 saturated heterocycles. The van der Waals surface area contributed by atoms with E-state index in [1.807, 2.05) is 54.7 Å². The van der Waals surface area contributed by atoms with Crippen LogP contribution >= 0.6 is 11.3 Å². The Hall–Kier alpha value is -2.41. The normalized spacial score (nSPS) is 16.7. The molecule has 1 atom stereocenters. The van der Waals surface area contributed by atoms with Crippen molar-refractivity contribution in [3.05, 3.63) is 59.1 Å². The second-order valence-electron chi connectivity index (χ2n) is 7.97. The van der Waals surface area contributed by atoms with Crippen LogP contribution in [0.5, 0.6) is 11.5 Å². The highest BCUT2D eigenvalue weighted by Crippen LogP contribution is 2.34. The van der Waals surface area contributed by atoms with Gasteiger partial charge in [-0.3, -0.25) is 0 Å². The number of thiazole rings is 1. The number of fused-ring (bicyclic) bond motifs is 1. The van der Waals surface area contributed by atoms with Crippen LogP contribution in [-0.2, 0) is 0 Å². The molecule has 2 aromatic carbocycles. The maximum absolute atomic E-state index is 10.5. The molecule has 3 aromatic rings. The monoisotopic (exact) mass is 438 g/mol. The summed E-state index contributed by atoms with van der Waals surface area (Å²) in [5.74, 6) is 1.85. The molecule has 0 amide bonds. The molecule has 4 rings (SSSR count). The minimum atomic E-state index is -0.543. The van der Waals surface area contributed by atoms with E-state index in [9.17, 15) is 5.11 Å². The Morgan fingerprint density at radius 2 is 2.00 bits per heavy atom. The van der Waals surface area contributed by atoms with Crippen molar-refractivity contribution in [1.82, 2.24) is 9.88 Å². The first-order valence-corrected chi connectivity index (χ1v) is 11.7. The summed E-state index contributed by atoms with van der Waals surface area (Å²) < 4.78 is 12.6. The Morgan fingerprint density at radius 1 is 1.19 bits per heavy atom. The molecule has 0 spiro atoms. The van der Waals surface area contributed by atoms with Gasteiger partial charge >= 0.3 is 0 Å². The van der Waals surface area contributed by atoms with E-state index >= 15 is 0 Å². The van der Waals surface area contributed by atoms with E-state index in [0.29, 0.717) is 24.0 Å². The van der Waals surface area contributed by atoms with Crippen molar-refractivity contribution in [2.45, 2.75) is 31.8 Å². The Morgan fingerprint density at radius 3 is 2.74 bits per heavy atom. The minimum absolute atomic E-state index is 0.247. The number of hydrogen-bond donors (Lipinski definition) is 1.